The molecule has 0 spiro atoms. The van der Waals surface area contributed by atoms with Crippen LogP contribution >= 0.6 is 0 Å². The third-order valence-electron chi connectivity index (χ3n) is 7.04. The lowest BCUT2D eigenvalue weighted by Crippen LogP contribution is -2.49. The molecule has 212 valence electrons. The third-order valence-corrected chi connectivity index (χ3v) is 7.04. The van der Waals surface area contributed by atoms with Gasteiger partial charge in [-0.05, 0) is 77.0 Å². The molecule has 0 aliphatic carbocycles. The summed E-state index contributed by atoms with van der Waals surface area (Å²) < 4.78 is 10.5. The number of nitrogens with one attached hydrogen (secondary N) is 1. The molecular formula is C30H41N3O6. The van der Waals surface area contributed by atoms with Gasteiger partial charge in [0.05, 0.1) is 12.5 Å². The summed E-state index contributed by atoms with van der Waals surface area (Å²) in [6, 6.07) is 6.75. The molecule has 2 aliphatic heterocycles. The van der Waals surface area contributed by atoms with Gasteiger partial charge in [-0.25, -0.2) is 9.59 Å². The monoisotopic (exact) mass is 539 g/mol. The van der Waals surface area contributed by atoms with Crippen LogP contribution in [0.25, 0.3) is 0 Å². The SMILES string of the molecule is C#CC[C@H](NC(=O)[C@@H]1CCCN(C(=O)c2cccc(C3CCN(C(=O)OC(C)(C)C)CC3)c2)C1)C(=O)OCC. The summed E-state index contributed by atoms with van der Waals surface area (Å²) in [5.74, 6) is 1.24. The number of benzene rings is 1. The highest BCUT2D eigenvalue weighted by Gasteiger charge is 2.32. The summed E-state index contributed by atoms with van der Waals surface area (Å²) in [6.45, 7) is 9.51. The molecule has 1 N–H and O–H groups in total. The highest BCUT2D eigenvalue weighted by atomic mass is 16.6. The van der Waals surface area contributed by atoms with Crippen molar-refractivity contribution in [3.63, 3.8) is 0 Å². The average molecular weight is 540 g/mol. The second kappa shape index (κ2) is 13.5. The molecule has 39 heavy (non-hydrogen) atoms. The zero-order valence-corrected chi connectivity index (χ0v) is 23.5. The third kappa shape index (κ3) is 8.47. The van der Waals surface area contributed by atoms with Crippen molar-refractivity contribution in [2.75, 3.05) is 32.8 Å². The molecular weight excluding hydrogens is 498 g/mol. The van der Waals surface area contributed by atoms with Crippen LogP contribution in [0.5, 0.6) is 0 Å². The molecule has 2 saturated heterocycles. The van der Waals surface area contributed by atoms with Crippen LogP contribution < -0.4 is 5.32 Å². The Morgan fingerprint density at radius 1 is 1.10 bits per heavy atom. The van der Waals surface area contributed by atoms with Crippen LogP contribution in [0, 0.1) is 18.3 Å². The number of carbonyl (C=O) groups excluding carboxylic acids is 4. The molecule has 0 bridgehead atoms. The summed E-state index contributed by atoms with van der Waals surface area (Å²) in [6.07, 6.45) is 8.02. The lowest BCUT2D eigenvalue weighted by Gasteiger charge is -2.34. The van der Waals surface area contributed by atoms with Crippen molar-refractivity contribution in [2.45, 2.75) is 77.4 Å². The number of hydrogen-bond acceptors (Lipinski definition) is 6. The number of likely N-dealkylation sites (tertiary alicyclic amines) is 2. The Balaban J connectivity index is 1.60. The first-order chi connectivity index (χ1) is 18.5. The molecule has 2 fully saturated rings. The van der Waals surface area contributed by atoms with E-state index >= 15 is 0 Å². The Morgan fingerprint density at radius 2 is 1.82 bits per heavy atom. The van der Waals surface area contributed by atoms with Crippen LogP contribution in [-0.4, -0.2) is 78.1 Å². The topological polar surface area (TPSA) is 105 Å². The maximum atomic E-state index is 13.4. The number of rotatable bonds is 7. The number of hydrogen-bond donors (Lipinski definition) is 1. The Kier molecular flexibility index (Phi) is 10.4. The van der Waals surface area contributed by atoms with Crippen LogP contribution in [0.3, 0.4) is 0 Å². The van der Waals surface area contributed by atoms with Crippen LogP contribution in [0.1, 0.15) is 81.6 Å². The van der Waals surface area contributed by atoms with Crippen molar-refractivity contribution < 1.29 is 28.7 Å². The highest BCUT2D eigenvalue weighted by molar-refractivity contribution is 5.95. The van der Waals surface area contributed by atoms with Crippen molar-refractivity contribution in [1.29, 1.82) is 0 Å². The summed E-state index contributed by atoms with van der Waals surface area (Å²) in [5, 5.41) is 2.72. The molecule has 2 aliphatic rings. The minimum atomic E-state index is -0.896. The number of nitrogens with zero attached hydrogens (tertiary/aromatic N) is 2. The lowest BCUT2D eigenvalue weighted by atomic mass is 9.88. The smallest absolute Gasteiger partial charge is 0.410 e. The van der Waals surface area contributed by atoms with E-state index in [2.05, 4.69) is 11.2 Å². The Labute approximate surface area is 231 Å². The molecule has 0 unspecified atom stereocenters. The van der Waals surface area contributed by atoms with Crippen molar-refractivity contribution >= 4 is 23.9 Å². The molecule has 2 heterocycles. The Morgan fingerprint density at radius 3 is 2.46 bits per heavy atom. The Hall–Kier alpha value is -3.54. The molecule has 9 nitrogen and oxygen atoms in total. The number of carbonyl (C=O) groups is 4. The molecule has 3 rings (SSSR count). The van der Waals surface area contributed by atoms with Crippen LogP contribution in [0.4, 0.5) is 4.79 Å². The van der Waals surface area contributed by atoms with Gasteiger partial charge in [-0.3, -0.25) is 9.59 Å². The Bertz CT molecular complexity index is 1080. The first-order valence-electron chi connectivity index (χ1n) is 13.8. The number of amides is 3. The van der Waals surface area contributed by atoms with Gasteiger partial charge in [0.2, 0.25) is 5.91 Å². The van der Waals surface area contributed by atoms with E-state index in [1.54, 1.807) is 22.8 Å². The quantitative estimate of drug-likeness (QED) is 0.418. The maximum Gasteiger partial charge on any atom is 0.410 e. The summed E-state index contributed by atoms with van der Waals surface area (Å²) >= 11 is 0. The molecule has 9 heteroatoms. The van der Waals surface area contributed by atoms with E-state index in [0.29, 0.717) is 38.0 Å². The average Bonchev–Trinajstić information content (AvgIpc) is 2.91. The van der Waals surface area contributed by atoms with Gasteiger partial charge in [-0.1, -0.05) is 12.1 Å². The zero-order chi connectivity index (χ0) is 28.6. The van der Waals surface area contributed by atoms with E-state index in [1.165, 1.54) is 0 Å². The molecule has 0 aromatic heterocycles. The van der Waals surface area contributed by atoms with Gasteiger partial charge < -0.3 is 24.6 Å². The van der Waals surface area contributed by atoms with Gasteiger partial charge in [-0.2, -0.15) is 0 Å². The van der Waals surface area contributed by atoms with E-state index < -0.39 is 23.5 Å². The van der Waals surface area contributed by atoms with E-state index in [-0.39, 0.29) is 43.4 Å². The fourth-order valence-electron chi connectivity index (χ4n) is 5.05. The fraction of sp³-hybridized carbons (Fsp3) is 0.600. The maximum absolute atomic E-state index is 13.4. The largest absolute Gasteiger partial charge is 0.464 e. The normalized spacial score (nSPS) is 19.0. The van der Waals surface area contributed by atoms with Crippen LogP contribution in [0.15, 0.2) is 24.3 Å². The highest BCUT2D eigenvalue weighted by Crippen LogP contribution is 2.30. The fourth-order valence-corrected chi connectivity index (χ4v) is 5.05. The van der Waals surface area contributed by atoms with Crippen LogP contribution in [0.2, 0.25) is 0 Å². The van der Waals surface area contributed by atoms with E-state index in [4.69, 9.17) is 15.9 Å². The van der Waals surface area contributed by atoms with Gasteiger partial charge in [-0.15, -0.1) is 12.3 Å². The van der Waals surface area contributed by atoms with Gasteiger partial charge in [0.15, 0.2) is 0 Å². The predicted molar refractivity (Wildman–Crippen MR) is 147 cm³/mol. The second-order valence-corrected chi connectivity index (χ2v) is 11.2. The first kappa shape index (κ1) is 30.0. The zero-order valence-electron chi connectivity index (χ0n) is 23.5. The molecule has 1 aromatic rings. The van der Waals surface area contributed by atoms with Crippen molar-refractivity contribution in [2.24, 2.45) is 5.92 Å². The summed E-state index contributed by atoms with van der Waals surface area (Å²) in [5.41, 5.74) is 1.13. The number of ether oxygens (including phenoxy) is 2. The number of terminal acetylenes is 1. The predicted octanol–water partition coefficient (Wildman–Crippen LogP) is 3.72. The second-order valence-electron chi connectivity index (χ2n) is 11.2. The van der Waals surface area contributed by atoms with Gasteiger partial charge in [0.25, 0.3) is 5.91 Å². The van der Waals surface area contributed by atoms with Gasteiger partial charge in [0.1, 0.15) is 11.6 Å². The molecule has 0 saturated carbocycles. The van der Waals surface area contributed by atoms with Crippen molar-refractivity contribution in [1.82, 2.24) is 15.1 Å². The standard InChI is InChI=1S/C30H41N3O6/c1-6-10-25(28(36)38-7-2)31-26(34)24-13-9-16-33(20-24)27(35)23-12-8-11-22(19-23)21-14-17-32(18-15-21)29(37)39-30(3,4)5/h1,8,11-12,19,21,24-25H,7,9-10,13-18,20H2,2-5H3,(H,31,34)/t24-,25+/m1/s1. The molecule has 0 radical (unpaired) electrons. The number of esters is 1. The van der Waals surface area contributed by atoms with Crippen molar-refractivity contribution in [3.05, 3.63) is 35.4 Å². The van der Waals surface area contributed by atoms with Gasteiger partial charge >= 0.3 is 12.1 Å². The van der Waals surface area contributed by atoms with Crippen LogP contribution in [-0.2, 0) is 19.1 Å². The lowest BCUT2D eigenvalue weighted by molar-refractivity contribution is -0.147. The number of piperidine rings is 2. The van der Waals surface area contributed by atoms with Crippen molar-refractivity contribution in [3.8, 4) is 12.3 Å². The van der Waals surface area contributed by atoms with Gasteiger partial charge in [0, 0.05) is 38.2 Å². The van der Waals surface area contributed by atoms with E-state index in [0.717, 1.165) is 18.4 Å². The minimum Gasteiger partial charge on any atom is -0.464 e. The molecule has 2 atom stereocenters. The first-order valence-corrected chi connectivity index (χ1v) is 13.8. The minimum absolute atomic E-state index is 0.0451. The van der Waals surface area contributed by atoms with E-state index in [1.807, 2.05) is 39.0 Å². The summed E-state index contributed by atoms with van der Waals surface area (Å²) in [4.78, 5) is 54.4. The summed E-state index contributed by atoms with van der Waals surface area (Å²) in [7, 11) is 0. The molecule has 3 amide bonds. The van der Waals surface area contributed by atoms with E-state index in [9.17, 15) is 19.2 Å². The molecule has 1 aromatic carbocycles.